The first kappa shape index (κ1) is 20.0. The summed E-state index contributed by atoms with van der Waals surface area (Å²) in [6.45, 7) is 11.6. The largest absolute Gasteiger partial charge is 0.488 e. The minimum Gasteiger partial charge on any atom is -0.488 e. The molecule has 5 rings (SSSR count). The van der Waals surface area contributed by atoms with Gasteiger partial charge in [-0.3, -0.25) is 4.90 Å². The van der Waals surface area contributed by atoms with E-state index in [1.807, 2.05) is 0 Å². The van der Waals surface area contributed by atoms with Crippen molar-refractivity contribution in [1.29, 1.82) is 0 Å². The lowest BCUT2D eigenvalue weighted by Gasteiger charge is -2.30. The van der Waals surface area contributed by atoms with Gasteiger partial charge in [-0.05, 0) is 86.0 Å². The Balaban J connectivity index is 1.70. The molecule has 1 aromatic heterocycles. The number of benzene rings is 3. The Kier molecular flexibility index (Phi) is 4.94. The molecule has 0 spiro atoms. The third-order valence-electron chi connectivity index (χ3n) is 6.15. The molecular weight excluding hydrogens is 380 g/mol. The lowest BCUT2D eigenvalue weighted by Crippen LogP contribution is -2.31. The van der Waals surface area contributed by atoms with E-state index in [-0.39, 0.29) is 5.60 Å². The van der Waals surface area contributed by atoms with E-state index in [1.54, 1.807) is 0 Å². The predicted octanol–water partition coefficient (Wildman–Crippen LogP) is 6.61. The van der Waals surface area contributed by atoms with E-state index < -0.39 is 0 Å². The van der Waals surface area contributed by atoms with E-state index in [2.05, 4.69) is 93.3 Å². The van der Waals surface area contributed by atoms with Crippen LogP contribution in [0.5, 0.6) is 5.75 Å². The fourth-order valence-corrected chi connectivity index (χ4v) is 4.71. The van der Waals surface area contributed by atoms with Gasteiger partial charge in [-0.2, -0.15) is 0 Å². The lowest BCUT2D eigenvalue weighted by molar-refractivity contribution is 0.131. The Morgan fingerprint density at radius 1 is 0.935 bits per heavy atom. The lowest BCUT2D eigenvalue weighted by atomic mass is 9.89. The average molecular weight is 411 g/mol. The minimum absolute atomic E-state index is 0.204. The van der Waals surface area contributed by atoms with E-state index in [9.17, 15) is 0 Å². The Labute approximate surface area is 184 Å². The molecule has 31 heavy (non-hydrogen) atoms. The molecule has 0 saturated carbocycles. The van der Waals surface area contributed by atoms with Gasteiger partial charge in [-0.25, -0.2) is 4.98 Å². The molecule has 3 heteroatoms. The number of fused-ring (bicyclic) bond motifs is 5. The molecular formula is C28H30N2O. The highest BCUT2D eigenvalue weighted by Crippen LogP contribution is 2.37. The van der Waals surface area contributed by atoms with E-state index in [0.29, 0.717) is 0 Å². The maximum absolute atomic E-state index is 6.03. The van der Waals surface area contributed by atoms with Gasteiger partial charge in [0.05, 0.1) is 11.2 Å². The van der Waals surface area contributed by atoms with Crippen molar-refractivity contribution in [3.63, 3.8) is 0 Å². The summed E-state index contributed by atoms with van der Waals surface area (Å²) in [5, 5.41) is 3.93. The Hall–Kier alpha value is -2.91. The van der Waals surface area contributed by atoms with Crippen LogP contribution in [-0.4, -0.2) is 28.6 Å². The highest BCUT2D eigenvalue weighted by Gasteiger charge is 2.24. The van der Waals surface area contributed by atoms with Crippen LogP contribution >= 0.6 is 0 Å². The molecule has 0 aliphatic carbocycles. The van der Waals surface area contributed by atoms with Gasteiger partial charge in [0.2, 0.25) is 0 Å². The van der Waals surface area contributed by atoms with E-state index in [1.165, 1.54) is 27.3 Å². The summed E-state index contributed by atoms with van der Waals surface area (Å²) < 4.78 is 6.03. The molecule has 0 saturated heterocycles. The van der Waals surface area contributed by atoms with Crippen LogP contribution < -0.4 is 4.74 Å². The maximum atomic E-state index is 6.03. The maximum Gasteiger partial charge on any atom is 0.120 e. The molecule has 0 bridgehead atoms. The molecule has 0 radical (unpaired) electrons. The van der Waals surface area contributed by atoms with Gasteiger partial charge >= 0.3 is 0 Å². The van der Waals surface area contributed by atoms with Gasteiger partial charge in [0.1, 0.15) is 11.4 Å². The summed E-state index contributed by atoms with van der Waals surface area (Å²) in [5.41, 5.74) is 6.00. The van der Waals surface area contributed by atoms with E-state index in [4.69, 9.17) is 9.72 Å². The molecule has 0 amide bonds. The van der Waals surface area contributed by atoms with Gasteiger partial charge in [-0.1, -0.05) is 37.3 Å². The smallest absolute Gasteiger partial charge is 0.120 e. The first-order valence-corrected chi connectivity index (χ1v) is 11.3. The van der Waals surface area contributed by atoms with Crippen LogP contribution in [0, 0.1) is 0 Å². The molecule has 0 fully saturated rings. The zero-order valence-electron chi connectivity index (χ0n) is 18.9. The fourth-order valence-electron chi connectivity index (χ4n) is 4.71. The van der Waals surface area contributed by atoms with Crippen molar-refractivity contribution >= 4 is 21.7 Å². The predicted molar refractivity (Wildman–Crippen MR) is 130 cm³/mol. The summed E-state index contributed by atoms with van der Waals surface area (Å²) >= 11 is 0. The summed E-state index contributed by atoms with van der Waals surface area (Å²) in [4.78, 5) is 7.73. The van der Waals surface area contributed by atoms with Crippen molar-refractivity contribution in [3.8, 4) is 17.0 Å². The number of aromatic nitrogens is 1. The first-order chi connectivity index (χ1) is 14.9. The SMILES string of the molecule is CCN1CCc2c(c(-c3ccc(OC(C)(C)C)cc3)nc3ccc4ccccc4c23)C1. The van der Waals surface area contributed by atoms with Crippen LogP contribution in [-0.2, 0) is 13.0 Å². The topological polar surface area (TPSA) is 25.4 Å². The van der Waals surface area contributed by atoms with E-state index in [0.717, 1.165) is 48.6 Å². The number of pyridine rings is 1. The summed E-state index contributed by atoms with van der Waals surface area (Å²) in [6.07, 6.45) is 1.06. The van der Waals surface area contributed by atoms with Crippen molar-refractivity contribution < 1.29 is 4.74 Å². The van der Waals surface area contributed by atoms with Gasteiger partial charge in [0.25, 0.3) is 0 Å². The van der Waals surface area contributed by atoms with Crippen LogP contribution in [0.25, 0.3) is 32.9 Å². The number of rotatable bonds is 3. The normalized spacial score (nSPS) is 14.7. The molecule has 3 aromatic carbocycles. The van der Waals surface area contributed by atoms with Crippen LogP contribution in [0.15, 0.2) is 60.7 Å². The number of hydrogen-bond acceptors (Lipinski definition) is 3. The Bertz CT molecular complexity index is 1250. The summed E-state index contributed by atoms with van der Waals surface area (Å²) in [6, 6.07) is 21.5. The third kappa shape index (κ3) is 3.79. The van der Waals surface area contributed by atoms with Gasteiger partial charge in [0, 0.05) is 24.0 Å². The Morgan fingerprint density at radius 2 is 1.71 bits per heavy atom. The molecule has 4 aromatic rings. The molecule has 1 aliphatic rings. The molecule has 0 N–H and O–H groups in total. The zero-order valence-corrected chi connectivity index (χ0v) is 18.9. The molecule has 0 atom stereocenters. The van der Waals surface area contributed by atoms with Crippen LogP contribution in [0.3, 0.4) is 0 Å². The Morgan fingerprint density at radius 3 is 2.45 bits per heavy atom. The molecule has 1 aliphatic heterocycles. The van der Waals surface area contributed by atoms with Crippen LogP contribution in [0.2, 0.25) is 0 Å². The standard InChI is InChI=1S/C28H30N2O/c1-5-30-17-16-23-24(18-30)27(20-10-13-21(14-11-20)31-28(2,3)4)29-25-15-12-19-8-6-7-9-22(19)26(23)25/h6-15H,5,16-18H2,1-4H3. The average Bonchev–Trinajstić information content (AvgIpc) is 2.77. The van der Waals surface area contributed by atoms with Crippen molar-refractivity contribution in [2.75, 3.05) is 13.1 Å². The van der Waals surface area contributed by atoms with Gasteiger partial charge in [-0.15, -0.1) is 0 Å². The fraction of sp³-hybridized carbons (Fsp3) is 0.321. The second-order valence-electron chi connectivity index (χ2n) is 9.46. The summed E-state index contributed by atoms with van der Waals surface area (Å²) in [7, 11) is 0. The second-order valence-corrected chi connectivity index (χ2v) is 9.46. The summed E-state index contributed by atoms with van der Waals surface area (Å²) in [5.74, 6) is 0.895. The highest BCUT2D eigenvalue weighted by molar-refractivity contribution is 6.09. The van der Waals surface area contributed by atoms with Crippen LogP contribution in [0.4, 0.5) is 0 Å². The number of nitrogens with zero attached hydrogens (tertiary/aromatic N) is 2. The highest BCUT2D eigenvalue weighted by atomic mass is 16.5. The number of ether oxygens (including phenoxy) is 1. The molecule has 158 valence electrons. The van der Waals surface area contributed by atoms with Crippen LogP contribution in [0.1, 0.15) is 38.8 Å². The quantitative estimate of drug-likeness (QED) is 0.355. The van der Waals surface area contributed by atoms with Crippen molar-refractivity contribution in [2.45, 2.75) is 46.3 Å². The number of hydrogen-bond donors (Lipinski definition) is 0. The van der Waals surface area contributed by atoms with Crippen molar-refractivity contribution in [3.05, 3.63) is 71.8 Å². The minimum atomic E-state index is -0.204. The number of likely N-dealkylation sites (N-methyl/N-ethyl adjacent to an activating group) is 1. The van der Waals surface area contributed by atoms with Gasteiger partial charge < -0.3 is 4.74 Å². The van der Waals surface area contributed by atoms with E-state index >= 15 is 0 Å². The third-order valence-corrected chi connectivity index (χ3v) is 6.15. The van der Waals surface area contributed by atoms with Gasteiger partial charge in [0.15, 0.2) is 0 Å². The zero-order chi connectivity index (χ0) is 21.6. The molecule has 2 heterocycles. The van der Waals surface area contributed by atoms with Crippen molar-refractivity contribution in [1.82, 2.24) is 9.88 Å². The monoisotopic (exact) mass is 410 g/mol. The first-order valence-electron chi connectivity index (χ1n) is 11.3. The molecule has 3 nitrogen and oxygen atoms in total. The second kappa shape index (κ2) is 7.65. The van der Waals surface area contributed by atoms with Crippen molar-refractivity contribution in [2.24, 2.45) is 0 Å². The molecule has 0 unspecified atom stereocenters.